The van der Waals surface area contributed by atoms with E-state index in [0.717, 1.165) is 22.4 Å². The molecule has 160 valence electrons. The van der Waals surface area contributed by atoms with Crippen molar-refractivity contribution in [1.29, 1.82) is 0 Å². The van der Waals surface area contributed by atoms with Gasteiger partial charge in [-0.1, -0.05) is 35.9 Å². The zero-order valence-electron chi connectivity index (χ0n) is 17.4. The molecule has 31 heavy (non-hydrogen) atoms. The first-order valence-electron chi connectivity index (χ1n) is 9.84. The monoisotopic (exact) mass is 453 g/mol. The second kappa shape index (κ2) is 11.3. The van der Waals surface area contributed by atoms with E-state index in [1.165, 1.54) is 0 Å². The molecule has 0 atom stereocenters. The van der Waals surface area contributed by atoms with Crippen LogP contribution in [0.5, 0.6) is 11.5 Å². The van der Waals surface area contributed by atoms with E-state index >= 15 is 0 Å². The highest BCUT2D eigenvalue weighted by molar-refractivity contribution is 7.80. The first-order valence-corrected chi connectivity index (χ1v) is 10.6. The number of benzene rings is 3. The van der Waals surface area contributed by atoms with Gasteiger partial charge in [-0.05, 0) is 85.2 Å². The van der Waals surface area contributed by atoms with Crippen LogP contribution in [0.15, 0.2) is 71.8 Å². The molecule has 0 spiro atoms. The minimum Gasteiger partial charge on any atom is -0.490 e. The fraction of sp³-hybridized carbons (Fsp3) is 0.167. The number of nitrogens with zero attached hydrogens (tertiary/aromatic N) is 1. The summed E-state index contributed by atoms with van der Waals surface area (Å²) in [6, 6.07) is 21.1. The van der Waals surface area contributed by atoms with Crippen molar-refractivity contribution in [2.24, 2.45) is 5.10 Å². The molecule has 0 aliphatic carbocycles. The molecule has 0 heterocycles. The number of hydrogen-bond donors (Lipinski definition) is 2. The maximum Gasteiger partial charge on any atom is 0.191 e. The molecule has 0 bridgehead atoms. The number of hydrazone groups is 1. The molecule has 3 aromatic carbocycles. The number of nitrogens with one attached hydrogen (secondary N) is 2. The summed E-state index contributed by atoms with van der Waals surface area (Å²) in [5.41, 5.74) is 6.76. The standard InChI is InChI=1S/C24H24ClN3O2S/c1-3-29-23-14-19(9-12-22(23)30-16-18-7-10-20(25)11-8-18)15-26-28-24(31)27-21-6-4-5-17(2)13-21/h4-15H,3,16H2,1-2H3,(H2,27,28,31)/b26-15-. The molecule has 0 saturated carbocycles. The second-order valence-electron chi connectivity index (χ2n) is 6.75. The number of anilines is 1. The maximum absolute atomic E-state index is 5.93. The van der Waals surface area contributed by atoms with E-state index in [2.05, 4.69) is 15.8 Å². The van der Waals surface area contributed by atoms with Crippen LogP contribution in [-0.4, -0.2) is 17.9 Å². The van der Waals surface area contributed by atoms with Crippen LogP contribution in [0.2, 0.25) is 5.02 Å². The zero-order valence-corrected chi connectivity index (χ0v) is 19.0. The zero-order chi connectivity index (χ0) is 22.1. The summed E-state index contributed by atoms with van der Waals surface area (Å²) in [5, 5.41) is 8.41. The van der Waals surface area contributed by atoms with Crippen molar-refractivity contribution in [2.45, 2.75) is 20.5 Å². The van der Waals surface area contributed by atoms with Crippen molar-refractivity contribution in [3.05, 3.63) is 88.4 Å². The number of ether oxygens (including phenoxy) is 2. The SMILES string of the molecule is CCOc1cc(/C=N\NC(=S)Nc2cccc(C)c2)ccc1OCc1ccc(Cl)cc1. The molecule has 0 fully saturated rings. The molecule has 7 heteroatoms. The number of halogens is 1. The largest absolute Gasteiger partial charge is 0.490 e. The highest BCUT2D eigenvalue weighted by Crippen LogP contribution is 2.29. The third kappa shape index (κ3) is 7.27. The normalized spacial score (nSPS) is 10.7. The summed E-state index contributed by atoms with van der Waals surface area (Å²) in [6.45, 7) is 4.91. The molecule has 0 radical (unpaired) electrons. The fourth-order valence-corrected chi connectivity index (χ4v) is 3.08. The van der Waals surface area contributed by atoms with Gasteiger partial charge in [0, 0.05) is 10.7 Å². The van der Waals surface area contributed by atoms with Gasteiger partial charge in [-0.3, -0.25) is 5.43 Å². The Balaban J connectivity index is 1.60. The number of rotatable bonds is 8. The highest BCUT2D eigenvalue weighted by Gasteiger charge is 2.07. The van der Waals surface area contributed by atoms with Gasteiger partial charge in [0.15, 0.2) is 16.6 Å². The number of hydrogen-bond acceptors (Lipinski definition) is 4. The van der Waals surface area contributed by atoms with Crippen molar-refractivity contribution in [3.63, 3.8) is 0 Å². The Bertz CT molecular complexity index is 1050. The molecular weight excluding hydrogens is 430 g/mol. The van der Waals surface area contributed by atoms with Gasteiger partial charge in [0.2, 0.25) is 0 Å². The Kier molecular flexibility index (Phi) is 8.27. The fourth-order valence-electron chi connectivity index (χ4n) is 2.78. The van der Waals surface area contributed by atoms with Gasteiger partial charge in [-0.25, -0.2) is 0 Å². The quantitative estimate of drug-likeness (QED) is 0.251. The van der Waals surface area contributed by atoms with Crippen LogP contribution in [0.25, 0.3) is 0 Å². The maximum atomic E-state index is 5.93. The smallest absolute Gasteiger partial charge is 0.191 e. The summed E-state index contributed by atoms with van der Waals surface area (Å²) in [7, 11) is 0. The van der Waals surface area contributed by atoms with Crippen LogP contribution in [0.3, 0.4) is 0 Å². The van der Waals surface area contributed by atoms with Crippen molar-refractivity contribution in [3.8, 4) is 11.5 Å². The lowest BCUT2D eigenvalue weighted by atomic mass is 10.2. The Morgan fingerprint density at radius 3 is 2.58 bits per heavy atom. The van der Waals surface area contributed by atoms with E-state index in [4.69, 9.17) is 33.3 Å². The van der Waals surface area contributed by atoms with Crippen molar-refractivity contribution in [2.75, 3.05) is 11.9 Å². The van der Waals surface area contributed by atoms with E-state index in [-0.39, 0.29) is 0 Å². The third-order valence-electron chi connectivity index (χ3n) is 4.23. The second-order valence-corrected chi connectivity index (χ2v) is 7.59. The van der Waals surface area contributed by atoms with Crippen molar-refractivity contribution >= 4 is 40.8 Å². The predicted molar refractivity (Wildman–Crippen MR) is 132 cm³/mol. The molecule has 0 amide bonds. The molecule has 0 saturated heterocycles. The van der Waals surface area contributed by atoms with Crippen LogP contribution in [-0.2, 0) is 6.61 Å². The number of aryl methyl sites for hydroxylation is 1. The molecule has 0 aliphatic heterocycles. The van der Waals surface area contributed by atoms with Gasteiger partial charge in [0.05, 0.1) is 12.8 Å². The molecule has 3 aromatic rings. The van der Waals surface area contributed by atoms with Gasteiger partial charge in [0.25, 0.3) is 0 Å². The molecule has 5 nitrogen and oxygen atoms in total. The van der Waals surface area contributed by atoms with Gasteiger partial charge in [0.1, 0.15) is 6.61 Å². The summed E-state index contributed by atoms with van der Waals surface area (Å²) in [4.78, 5) is 0. The molecular formula is C24H24ClN3O2S. The van der Waals surface area contributed by atoms with E-state index in [0.29, 0.717) is 34.8 Å². The Morgan fingerprint density at radius 2 is 1.84 bits per heavy atom. The van der Waals surface area contributed by atoms with E-state index in [1.807, 2.05) is 80.6 Å². The molecule has 0 aliphatic rings. The minimum absolute atomic E-state index is 0.412. The van der Waals surface area contributed by atoms with Crippen LogP contribution >= 0.6 is 23.8 Å². The van der Waals surface area contributed by atoms with E-state index in [9.17, 15) is 0 Å². The highest BCUT2D eigenvalue weighted by atomic mass is 35.5. The van der Waals surface area contributed by atoms with Crippen molar-refractivity contribution in [1.82, 2.24) is 5.43 Å². The lowest BCUT2D eigenvalue weighted by Crippen LogP contribution is -2.23. The average molecular weight is 454 g/mol. The molecule has 2 N–H and O–H groups in total. The summed E-state index contributed by atoms with van der Waals surface area (Å²) in [5.74, 6) is 1.32. The van der Waals surface area contributed by atoms with Crippen LogP contribution in [0, 0.1) is 6.92 Å². The Morgan fingerprint density at radius 1 is 1.03 bits per heavy atom. The lowest BCUT2D eigenvalue weighted by molar-refractivity contribution is 0.269. The van der Waals surface area contributed by atoms with E-state index in [1.54, 1.807) is 6.21 Å². The van der Waals surface area contributed by atoms with Crippen LogP contribution < -0.4 is 20.2 Å². The summed E-state index contributed by atoms with van der Waals surface area (Å²) < 4.78 is 11.7. The average Bonchev–Trinajstić information content (AvgIpc) is 2.74. The number of thiocarbonyl (C=S) groups is 1. The van der Waals surface area contributed by atoms with Crippen LogP contribution in [0.4, 0.5) is 5.69 Å². The van der Waals surface area contributed by atoms with E-state index < -0.39 is 0 Å². The summed E-state index contributed by atoms with van der Waals surface area (Å²) >= 11 is 11.2. The molecule has 0 aromatic heterocycles. The van der Waals surface area contributed by atoms with Gasteiger partial charge in [-0.15, -0.1) is 0 Å². The topological polar surface area (TPSA) is 54.9 Å². The van der Waals surface area contributed by atoms with Gasteiger partial charge in [-0.2, -0.15) is 5.10 Å². The van der Waals surface area contributed by atoms with Gasteiger partial charge >= 0.3 is 0 Å². The third-order valence-corrected chi connectivity index (χ3v) is 4.68. The minimum atomic E-state index is 0.412. The summed E-state index contributed by atoms with van der Waals surface area (Å²) in [6.07, 6.45) is 1.68. The molecule has 3 rings (SSSR count). The predicted octanol–water partition coefficient (Wildman–Crippen LogP) is 5.95. The first-order chi connectivity index (χ1) is 15.0. The Hall–Kier alpha value is -3.09. The first kappa shape index (κ1) is 22.6. The molecule has 0 unspecified atom stereocenters. The van der Waals surface area contributed by atoms with Crippen LogP contribution in [0.1, 0.15) is 23.6 Å². The van der Waals surface area contributed by atoms with Crippen molar-refractivity contribution < 1.29 is 9.47 Å². The van der Waals surface area contributed by atoms with Gasteiger partial charge < -0.3 is 14.8 Å². The Labute approximate surface area is 193 Å². The lowest BCUT2D eigenvalue weighted by Gasteiger charge is -2.13.